The molecule has 0 aliphatic heterocycles. The van der Waals surface area contributed by atoms with Gasteiger partial charge < -0.3 is 20.8 Å². The number of benzene rings is 4. The average molecular weight is 511 g/mol. The minimum atomic E-state index is -1.43. The monoisotopic (exact) mass is 511 g/mol. The van der Waals surface area contributed by atoms with Gasteiger partial charge in [0.15, 0.2) is 0 Å². The van der Waals surface area contributed by atoms with Gasteiger partial charge in [-0.15, -0.1) is 0 Å². The van der Waals surface area contributed by atoms with Gasteiger partial charge in [0.25, 0.3) is 11.6 Å². The fourth-order valence-electron chi connectivity index (χ4n) is 3.94. The fourth-order valence-corrected chi connectivity index (χ4v) is 3.94. The number of para-hydroxylation sites is 2. The summed E-state index contributed by atoms with van der Waals surface area (Å²) in [5, 5.41) is 36.4. The van der Waals surface area contributed by atoms with Gasteiger partial charge in [0, 0.05) is 17.7 Å². The molecule has 0 saturated carbocycles. The maximum atomic E-state index is 12.9. The second-order valence-electron chi connectivity index (χ2n) is 8.23. The minimum Gasteiger partial charge on any atom is -0.478 e. The number of hydrogen-bond donors (Lipinski definition) is 4. The van der Waals surface area contributed by atoms with Crippen LogP contribution in [0.15, 0.2) is 91.0 Å². The molecule has 0 atom stereocenters. The lowest BCUT2D eigenvalue weighted by Gasteiger charge is -2.19. The molecule has 0 bridgehead atoms. The number of rotatable bonds is 9. The van der Waals surface area contributed by atoms with Crippen LogP contribution in [0.2, 0.25) is 0 Å². The Kier molecular flexibility index (Phi) is 7.43. The molecule has 0 fully saturated rings. The number of nitrogens with one attached hydrogen (secondary N) is 2. The summed E-state index contributed by atoms with van der Waals surface area (Å²) in [6.07, 6.45) is 0.311. The molecule has 0 aromatic heterocycles. The summed E-state index contributed by atoms with van der Waals surface area (Å²) in [5.41, 5.74) is 1.01. The third-order valence-electron chi connectivity index (χ3n) is 5.73. The van der Waals surface area contributed by atoms with Gasteiger partial charge in [-0.3, -0.25) is 14.9 Å². The van der Waals surface area contributed by atoms with E-state index in [1.807, 2.05) is 30.3 Å². The van der Waals surface area contributed by atoms with E-state index in [-0.39, 0.29) is 22.6 Å². The lowest BCUT2D eigenvalue weighted by Crippen LogP contribution is -2.15. The van der Waals surface area contributed by atoms with E-state index in [0.29, 0.717) is 17.7 Å². The molecule has 0 aliphatic rings. The van der Waals surface area contributed by atoms with Crippen molar-refractivity contribution in [1.29, 1.82) is 0 Å². The number of carboxylic acids is 2. The number of carboxylic acid groups (broad SMARTS) is 2. The molecule has 0 spiro atoms. The van der Waals surface area contributed by atoms with Crippen LogP contribution in [-0.4, -0.2) is 33.0 Å². The summed E-state index contributed by atoms with van der Waals surface area (Å²) in [6.45, 7) is 0. The standard InChI is InChI=1S/C28H21N3O7/c32-26(19-9-6-10-20(16-19)31(37)38)30-23-12-5-4-11-22(23)29-25-18(15-17-7-2-1-3-8-17)13-14-21(27(33)34)24(25)28(35)36/h1-14,16,29H,15H2,(H,30,32)(H,33,34)(H,35,36). The van der Waals surface area contributed by atoms with Crippen LogP contribution in [0.5, 0.6) is 0 Å². The Balaban J connectivity index is 1.76. The summed E-state index contributed by atoms with van der Waals surface area (Å²) in [5.74, 6) is -3.45. The molecule has 0 unspecified atom stereocenters. The Morgan fingerprint density at radius 1 is 0.789 bits per heavy atom. The fraction of sp³-hybridized carbons (Fsp3) is 0.0357. The number of amides is 1. The number of aromatic carboxylic acids is 2. The van der Waals surface area contributed by atoms with Crippen molar-refractivity contribution in [2.24, 2.45) is 0 Å². The van der Waals surface area contributed by atoms with Crippen molar-refractivity contribution in [1.82, 2.24) is 0 Å². The molecule has 0 heterocycles. The zero-order valence-corrected chi connectivity index (χ0v) is 19.8. The van der Waals surface area contributed by atoms with E-state index in [2.05, 4.69) is 10.6 Å². The van der Waals surface area contributed by atoms with E-state index in [0.717, 1.165) is 11.6 Å². The minimum absolute atomic E-state index is 0.0536. The maximum absolute atomic E-state index is 12.9. The van der Waals surface area contributed by atoms with E-state index in [9.17, 15) is 34.7 Å². The van der Waals surface area contributed by atoms with Crippen LogP contribution in [-0.2, 0) is 6.42 Å². The molecule has 0 saturated heterocycles. The zero-order valence-electron chi connectivity index (χ0n) is 19.8. The maximum Gasteiger partial charge on any atom is 0.338 e. The Morgan fingerprint density at radius 3 is 2.13 bits per heavy atom. The van der Waals surface area contributed by atoms with Gasteiger partial charge in [-0.2, -0.15) is 0 Å². The first-order valence-corrected chi connectivity index (χ1v) is 11.3. The third-order valence-corrected chi connectivity index (χ3v) is 5.73. The highest BCUT2D eigenvalue weighted by molar-refractivity contribution is 6.09. The second kappa shape index (κ2) is 11.0. The highest BCUT2D eigenvalue weighted by Crippen LogP contribution is 2.33. The van der Waals surface area contributed by atoms with Gasteiger partial charge in [-0.25, -0.2) is 9.59 Å². The van der Waals surface area contributed by atoms with E-state index >= 15 is 0 Å². The van der Waals surface area contributed by atoms with E-state index in [1.54, 1.807) is 30.3 Å². The second-order valence-corrected chi connectivity index (χ2v) is 8.23. The van der Waals surface area contributed by atoms with Crippen molar-refractivity contribution in [2.45, 2.75) is 6.42 Å². The van der Waals surface area contributed by atoms with Gasteiger partial charge in [-0.1, -0.05) is 54.6 Å². The first-order chi connectivity index (χ1) is 18.2. The van der Waals surface area contributed by atoms with Crippen molar-refractivity contribution in [2.75, 3.05) is 10.6 Å². The topological polar surface area (TPSA) is 159 Å². The predicted octanol–water partition coefficient (Wildman–Crippen LogP) is 5.58. The van der Waals surface area contributed by atoms with Crippen LogP contribution in [0.4, 0.5) is 22.7 Å². The first-order valence-electron chi connectivity index (χ1n) is 11.3. The van der Waals surface area contributed by atoms with Crippen LogP contribution in [0.3, 0.4) is 0 Å². The molecule has 0 radical (unpaired) electrons. The Bertz CT molecular complexity index is 1550. The quantitative estimate of drug-likeness (QED) is 0.167. The molecule has 10 nitrogen and oxygen atoms in total. The molecule has 4 rings (SSSR count). The first kappa shape index (κ1) is 25.6. The number of nitrogens with zero attached hydrogens (tertiary/aromatic N) is 1. The number of carbonyl (C=O) groups excluding carboxylic acids is 1. The Hall–Kier alpha value is -5.51. The summed E-state index contributed by atoms with van der Waals surface area (Å²) in [6, 6.07) is 23.7. The SMILES string of the molecule is O=C(Nc1ccccc1Nc1c(Cc2ccccc2)ccc(C(=O)O)c1C(=O)O)c1cccc([N+](=O)[O-])c1. The van der Waals surface area contributed by atoms with Gasteiger partial charge in [0.2, 0.25) is 0 Å². The Morgan fingerprint density at radius 2 is 1.47 bits per heavy atom. The number of hydrogen-bond acceptors (Lipinski definition) is 6. The normalized spacial score (nSPS) is 10.4. The predicted molar refractivity (Wildman–Crippen MR) is 140 cm³/mol. The third kappa shape index (κ3) is 5.65. The van der Waals surface area contributed by atoms with E-state index < -0.39 is 33.9 Å². The van der Waals surface area contributed by atoms with Gasteiger partial charge >= 0.3 is 11.9 Å². The highest BCUT2D eigenvalue weighted by Gasteiger charge is 2.24. The van der Waals surface area contributed by atoms with Crippen LogP contribution < -0.4 is 10.6 Å². The van der Waals surface area contributed by atoms with Crippen LogP contribution in [0, 0.1) is 10.1 Å². The van der Waals surface area contributed by atoms with Gasteiger partial charge in [0.05, 0.1) is 33.1 Å². The molecule has 4 aromatic rings. The Labute approximate surface area is 216 Å². The number of nitro benzene ring substituents is 1. The zero-order chi connectivity index (χ0) is 27.2. The molecule has 38 heavy (non-hydrogen) atoms. The molecular weight excluding hydrogens is 490 g/mol. The van der Waals surface area contributed by atoms with Crippen LogP contribution >= 0.6 is 0 Å². The van der Waals surface area contributed by atoms with Crippen molar-refractivity contribution in [3.63, 3.8) is 0 Å². The van der Waals surface area contributed by atoms with Gasteiger partial charge in [0.1, 0.15) is 0 Å². The van der Waals surface area contributed by atoms with Crippen molar-refractivity contribution in [3.05, 3.63) is 129 Å². The molecule has 10 heteroatoms. The molecular formula is C28H21N3O7. The molecule has 1 amide bonds. The lowest BCUT2D eigenvalue weighted by atomic mass is 9.95. The van der Waals surface area contributed by atoms with Crippen molar-refractivity contribution >= 4 is 40.6 Å². The summed E-state index contributed by atoms with van der Waals surface area (Å²) < 4.78 is 0. The van der Waals surface area contributed by atoms with E-state index in [1.165, 1.54) is 24.3 Å². The molecule has 190 valence electrons. The van der Waals surface area contributed by atoms with Gasteiger partial charge in [-0.05, 0) is 41.8 Å². The molecule has 0 aliphatic carbocycles. The van der Waals surface area contributed by atoms with Crippen LogP contribution in [0.25, 0.3) is 0 Å². The highest BCUT2D eigenvalue weighted by atomic mass is 16.6. The average Bonchev–Trinajstić information content (AvgIpc) is 2.90. The van der Waals surface area contributed by atoms with Crippen LogP contribution in [0.1, 0.15) is 42.2 Å². The summed E-state index contributed by atoms with van der Waals surface area (Å²) in [4.78, 5) is 47.5. The van der Waals surface area contributed by atoms with Crippen molar-refractivity contribution < 1.29 is 29.5 Å². The lowest BCUT2D eigenvalue weighted by molar-refractivity contribution is -0.384. The summed E-state index contributed by atoms with van der Waals surface area (Å²) >= 11 is 0. The largest absolute Gasteiger partial charge is 0.478 e. The number of anilines is 3. The molecule has 4 N–H and O–H groups in total. The smallest absolute Gasteiger partial charge is 0.338 e. The van der Waals surface area contributed by atoms with Crippen molar-refractivity contribution in [3.8, 4) is 0 Å². The molecule has 4 aromatic carbocycles. The number of non-ortho nitro benzene ring substituents is 1. The number of nitro groups is 1. The van der Waals surface area contributed by atoms with E-state index in [4.69, 9.17) is 0 Å². The number of carbonyl (C=O) groups is 3. The summed E-state index contributed by atoms with van der Waals surface area (Å²) in [7, 11) is 0.